The molecule has 0 aliphatic heterocycles. The fourth-order valence-corrected chi connectivity index (χ4v) is 1.27. The van der Waals surface area contributed by atoms with Crippen molar-refractivity contribution in [2.24, 2.45) is 5.92 Å². The van der Waals surface area contributed by atoms with Gasteiger partial charge in [0, 0.05) is 19.3 Å². The van der Waals surface area contributed by atoms with E-state index in [0.29, 0.717) is 5.92 Å². The summed E-state index contributed by atoms with van der Waals surface area (Å²) in [7, 11) is 1.91. The molecule has 0 fully saturated rings. The minimum atomic E-state index is 0.258. The molecule has 1 rings (SSSR count). The first-order valence-electron chi connectivity index (χ1n) is 4.63. The number of anilines is 1. The smallest absolute Gasteiger partial charge is 0.0459 e. The van der Waals surface area contributed by atoms with Crippen LogP contribution in [0.1, 0.15) is 12.5 Å². The van der Waals surface area contributed by atoms with Gasteiger partial charge in [0.05, 0.1) is 0 Å². The zero-order valence-corrected chi connectivity index (χ0v) is 8.25. The second-order valence-electron chi connectivity index (χ2n) is 3.44. The summed E-state index contributed by atoms with van der Waals surface area (Å²) in [5.41, 5.74) is 2.40. The zero-order chi connectivity index (χ0) is 9.68. The van der Waals surface area contributed by atoms with Gasteiger partial charge in [-0.05, 0) is 30.0 Å². The van der Waals surface area contributed by atoms with Crippen LogP contribution in [0, 0.1) is 5.92 Å². The van der Waals surface area contributed by atoms with Crippen LogP contribution in [0.15, 0.2) is 24.3 Å². The molecule has 0 aromatic heterocycles. The van der Waals surface area contributed by atoms with Crippen LogP contribution in [0.25, 0.3) is 0 Å². The van der Waals surface area contributed by atoms with Crippen molar-refractivity contribution in [2.75, 3.05) is 19.0 Å². The Morgan fingerprint density at radius 2 is 1.92 bits per heavy atom. The van der Waals surface area contributed by atoms with Gasteiger partial charge in [-0.1, -0.05) is 19.1 Å². The number of rotatable bonds is 4. The third kappa shape index (κ3) is 3.07. The van der Waals surface area contributed by atoms with Gasteiger partial charge >= 0.3 is 0 Å². The number of hydrogen-bond donors (Lipinski definition) is 2. The summed E-state index contributed by atoms with van der Waals surface area (Å²) in [6.07, 6.45) is 0.945. The Labute approximate surface area is 79.6 Å². The lowest BCUT2D eigenvalue weighted by atomic mass is 10.0. The maximum atomic E-state index is 8.88. The quantitative estimate of drug-likeness (QED) is 0.740. The Kier molecular flexibility index (Phi) is 3.77. The third-order valence-corrected chi connectivity index (χ3v) is 2.14. The van der Waals surface area contributed by atoms with Crippen molar-refractivity contribution in [3.8, 4) is 0 Å². The largest absolute Gasteiger partial charge is 0.396 e. The first-order valence-corrected chi connectivity index (χ1v) is 4.63. The second kappa shape index (κ2) is 4.87. The summed E-state index contributed by atoms with van der Waals surface area (Å²) >= 11 is 0. The predicted octanol–water partition coefficient (Wildman–Crippen LogP) is 1.90. The monoisotopic (exact) mass is 179 g/mol. The number of aliphatic hydroxyl groups is 1. The molecule has 0 spiro atoms. The van der Waals surface area contributed by atoms with Crippen LogP contribution in [0.5, 0.6) is 0 Å². The normalized spacial score (nSPS) is 12.5. The van der Waals surface area contributed by atoms with Crippen LogP contribution in [0.2, 0.25) is 0 Å². The highest BCUT2D eigenvalue weighted by Crippen LogP contribution is 2.12. The molecular weight excluding hydrogens is 162 g/mol. The SMILES string of the molecule is CNc1ccc(CC(C)CO)cc1. The van der Waals surface area contributed by atoms with E-state index in [1.807, 2.05) is 14.0 Å². The van der Waals surface area contributed by atoms with Gasteiger partial charge in [-0.25, -0.2) is 0 Å². The average Bonchev–Trinajstić information content (AvgIpc) is 2.19. The first kappa shape index (κ1) is 10.1. The molecule has 1 aromatic carbocycles. The summed E-state index contributed by atoms with van der Waals surface area (Å²) in [5, 5.41) is 12.0. The van der Waals surface area contributed by atoms with Crippen molar-refractivity contribution >= 4 is 5.69 Å². The third-order valence-electron chi connectivity index (χ3n) is 2.14. The van der Waals surface area contributed by atoms with Gasteiger partial charge in [0.15, 0.2) is 0 Å². The van der Waals surface area contributed by atoms with Crippen LogP contribution < -0.4 is 5.32 Å². The van der Waals surface area contributed by atoms with E-state index in [0.717, 1.165) is 12.1 Å². The highest BCUT2D eigenvalue weighted by molar-refractivity contribution is 5.43. The van der Waals surface area contributed by atoms with Crippen LogP contribution in [-0.2, 0) is 6.42 Å². The molecule has 72 valence electrons. The van der Waals surface area contributed by atoms with E-state index in [1.165, 1.54) is 5.56 Å². The summed E-state index contributed by atoms with van der Waals surface area (Å²) in [4.78, 5) is 0. The van der Waals surface area contributed by atoms with Crippen LogP contribution in [-0.4, -0.2) is 18.8 Å². The second-order valence-corrected chi connectivity index (χ2v) is 3.44. The number of benzene rings is 1. The van der Waals surface area contributed by atoms with Gasteiger partial charge in [-0.3, -0.25) is 0 Å². The Morgan fingerprint density at radius 1 is 1.31 bits per heavy atom. The van der Waals surface area contributed by atoms with E-state index in [4.69, 9.17) is 5.11 Å². The van der Waals surface area contributed by atoms with Gasteiger partial charge in [0.2, 0.25) is 0 Å². The topological polar surface area (TPSA) is 32.3 Å². The standard InChI is InChI=1S/C11H17NO/c1-9(8-13)7-10-3-5-11(12-2)6-4-10/h3-6,9,12-13H,7-8H2,1-2H3. The van der Waals surface area contributed by atoms with Crippen molar-refractivity contribution < 1.29 is 5.11 Å². The summed E-state index contributed by atoms with van der Waals surface area (Å²) < 4.78 is 0. The van der Waals surface area contributed by atoms with Crippen LogP contribution in [0.4, 0.5) is 5.69 Å². The van der Waals surface area contributed by atoms with Crippen molar-refractivity contribution in [3.05, 3.63) is 29.8 Å². The lowest BCUT2D eigenvalue weighted by Crippen LogP contribution is -2.04. The Hall–Kier alpha value is -1.02. The molecular formula is C11H17NO. The highest BCUT2D eigenvalue weighted by Gasteiger charge is 2.01. The summed E-state index contributed by atoms with van der Waals surface area (Å²) in [5.74, 6) is 0.348. The van der Waals surface area contributed by atoms with E-state index in [-0.39, 0.29) is 6.61 Å². The molecule has 13 heavy (non-hydrogen) atoms. The molecule has 0 heterocycles. The van der Waals surface area contributed by atoms with Crippen molar-refractivity contribution in [3.63, 3.8) is 0 Å². The van der Waals surface area contributed by atoms with Crippen LogP contribution in [0.3, 0.4) is 0 Å². The highest BCUT2D eigenvalue weighted by atomic mass is 16.3. The van der Waals surface area contributed by atoms with Gasteiger partial charge in [-0.15, -0.1) is 0 Å². The number of hydrogen-bond acceptors (Lipinski definition) is 2. The molecule has 0 saturated heterocycles. The molecule has 0 radical (unpaired) electrons. The molecule has 1 unspecified atom stereocenters. The molecule has 1 atom stereocenters. The summed E-state index contributed by atoms with van der Waals surface area (Å²) in [6.45, 7) is 2.31. The van der Waals surface area contributed by atoms with Crippen molar-refractivity contribution in [1.29, 1.82) is 0 Å². The van der Waals surface area contributed by atoms with Crippen LogP contribution >= 0.6 is 0 Å². The zero-order valence-electron chi connectivity index (χ0n) is 8.25. The molecule has 2 heteroatoms. The van der Waals surface area contributed by atoms with Crippen molar-refractivity contribution in [2.45, 2.75) is 13.3 Å². The molecule has 0 aliphatic carbocycles. The molecule has 1 aromatic rings. The van der Waals surface area contributed by atoms with Gasteiger partial charge < -0.3 is 10.4 Å². The van der Waals surface area contributed by atoms with E-state index in [9.17, 15) is 0 Å². The lowest BCUT2D eigenvalue weighted by molar-refractivity contribution is 0.237. The lowest BCUT2D eigenvalue weighted by Gasteiger charge is -2.08. The van der Waals surface area contributed by atoms with E-state index in [1.54, 1.807) is 0 Å². The predicted molar refractivity (Wildman–Crippen MR) is 55.9 cm³/mol. The van der Waals surface area contributed by atoms with Gasteiger partial charge in [0.25, 0.3) is 0 Å². The Bertz CT molecular complexity index is 243. The van der Waals surface area contributed by atoms with Gasteiger partial charge in [-0.2, -0.15) is 0 Å². The van der Waals surface area contributed by atoms with E-state index < -0.39 is 0 Å². The van der Waals surface area contributed by atoms with Gasteiger partial charge in [0.1, 0.15) is 0 Å². The Balaban J connectivity index is 2.58. The fourth-order valence-electron chi connectivity index (χ4n) is 1.27. The summed E-state index contributed by atoms with van der Waals surface area (Å²) in [6, 6.07) is 8.30. The molecule has 0 amide bonds. The Morgan fingerprint density at radius 3 is 2.38 bits per heavy atom. The molecule has 0 bridgehead atoms. The first-order chi connectivity index (χ1) is 6.26. The maximum Gasteiger partial charge on any atom is 0.0459 e. The van der Waals surface area contributed by atoms with E-state index >= 15 is 0 Å². The van der Waals surface area contributed by atoms with Crippen molar-refractivity contribution in [1.82, 2.24) is 0 Å². The maximum absolute atomic E-state index is 8.88. The minimum Gasteiger partial charge on any atom is -0.396 e. The molecule has 2 nitrogen and oxygen atoms in total. The average molecular weight is 179 g/mol. The number of aliphatic hydroxyl groups excluding tert-OH is 1. The molecule has 2 N–H and O–H groups in total. The fraction of sp³-hybridized carbons (Fsp3) is 0.455. The van der Waals surface area contributed by atoms with E-state index in [2.05, 4.69) is 29.6 Å². The molecule has 0 saturated carbocycles. The molecule has 0 aliphatic rings. The number of nitrogens with one attached hydrogen (secondary N) is 1. The minimum absolute atomic E-state index is 0.258.